The Balaban J connectivity index is 1.84. The molecule has 0 spiro atoms. The van der Waals surface area contributed by atoms with Gasteiger partial charge >= 0.3 is 0 Å². The molecule has 0 atom stereocenters. The van der Waals surface area contributed by atoms with Crippen molar-refractivity contribution in [3.63, 3.8) is 0 Å². The number of ether oxygens (including phenoxy) is 2. The van der Waals surface area contributed by atoms with Gasteiger partial charge in [-0.2, -0.15) is 0 Å². The molecule has 2 aromatic carbocycles. The van der Waals surface area contributed by atoms with Crippen molar-refractivity contribution in [2.45, 2.75) is 19.8 Å². The van der Waals surface area contributed by atoms with Crippen molar-refractivity contribution in [1.29, 1.82) is 0 Å². The zero-order chi connectivity index (χ0) is 18.9. The first kappa shape index (κ1) is 19.6. The topological polar surface area (TPSA) is 50.8 Å². The van der Waals surface area contributed by atoms with Gasteiger partial charge in [-0.05, 0) is 55.7 Å². The first-order valence-corrected chi connectivity index (χ1v) is 8.90. The monoisotopic (exact) mass is 356 g/mol. The van der Waals surface area contributed by atoms with Crippen LogP contribution in [0.25, 0.3) is 0 Å². The molecule has 0 radical (unpaired) electrons. The number of hydrogen-bond donors (Lipinski definition) is 1. The molecule has 0 aliphatic rings. The van der Waals surface area contributed by atoms with E-state index in [0.29, 0.717) is 30.2 Å². The molecule has 2 rings (SSSR count). The van der Waals surface area contributed by atoms with Crippen LogP contribution in [0.5, 0.6) is 11.5 Å². The third kappa shape index (κ3) is 5.41. The number of nitrogens with zero attached hydrogens (tertiary/aromatic N) is 1. The summed E-state index contributed by atoms with van der Waals surface area (Å²) in [6.45, 7) is 3.05. The van der Waals surface area contributed by atoms with E-state index < -0.39 is 0 Å². The number of nitrogens with one attached hydrogen (secondary N) is 1. The summed E-state index contributed by atoms with van der Waals surface area (Å²) < 4.78 is 10.8. The van der Waals surface area contributed by atoms with Crippen LogP contribution in [-0.2, 0) is 6.42 Å². The molecular weight excluding hydrogens is 328 g/mol. The quantitative estimate of drug-likeness (QED) is 0.699. The normalized spacial score (nSPS) is 10.3. The van der Waals surface area contributed by atoms with Gasteiger partial charge in [-0.25, -0.2) is 0 Å². The number of methoxy groups -OCH3 is 1. The van der Waals surface area contributed by atoms with E-state index in [2.05, 4.69) is 34.5 Å². The van der Waals surface area contributed by atoms with Gasteiger partial charge in [-0.15, -0.1) is 0 Å². The fraction of sp³-hybridized carbons (Fsp3) is 0.381. The van der Waals surface area contributed by atoms with E-state index in [9.17, 15) is 4.79 Å². The predicted octanol–water partition coefficient (Wildman–Crippen LogP) is 3.52. The van der Waals surface area contributed by atoms with E-state index in [1.165, 1.54) is 11.3 Å². The van der Waals surface area contributed by atoms with E-state index in [0.717, 1.165) is 12.8 Å². The Morgan fingerprint density at radius 3 is 2.42 bits per heavy atom. The molecule has 0 bridgehead atoms. The minimum Gasteiger partial charge on any atom is -0.493 e. The zero-order valence-corrected chi connectivity index (χ0v) is 16.0. The number of carbonyl (C=O) groups is 1. The maximum atomic E-state index is 12.3. The number of amides is 1. The molecule has 2 aromatic rings. The van der Waals surface area contributed by atoms with Crippen molar-refractivity contribution in [2.75, 3.05) is 39.3 Å². The summed E-state index contributed by atoms with van der Waals surface area (Å²) >= 11 is 0. The molecule has 26 heavy (non-hydrogen) atoms. The van der Waals surface area contributed by atoms with Gasteiger partial charge in [0.05, 0.1) is 13.7 Å². The predicted molar refractivity (Wildman–Crippen MR) is 106 cm³/mol. The van der Waals surface area contributed by atoms with Gasteiger partial charge in [0.15, 0.2) is 11.5 Å². The van der Waals surface area contributed by atoms with Crippen LogP contribution < -0.4 is 19.7 Å². The molecule has 1 N–H and O–H groups in total. The van der Waals surface area contributed by atoms with Crippen LogP contribution in [0.1, 0.15) is 29.3 Å². The van der Waals surface area contributed by atoms with Gasteiger partial charge in [-0.1, -0.05) is 12.1 Å². The van der Waals surface area contributed by atoms with Crippen molar-refractivity contribution in [3.05, 3.63) is 53.6 Å². The van der Waals surface area contributed by atoms with Crippen LogP contribution in [0.4, 0.5) is 5.69 Å². The second-order valence-corrected chi connectivity index (χ2v) is 6.22. The fourth-order valence-electron chi connectivity index (χ4n) is 2.64. The van der Waals surface area contributed by atoms with Crippen molar-refractivity contribution < 1.29 is 14.3 Å². The Morgan fingerprint density at radius 1 is 1.08 bits per heavy atom. The Labute approximate surface area is 155 Å². The second-order valence-electron chi connectivity index (χ2n) is 6.22. The summed E-state index contributed by atoms with van der Waals surface area (Å²) in [6, 6.07) is 13.7. The molecule has 0 fully saturated rings. The highest BCUT2D eigenvalue weighted by Crippen LogP contribution is 2.28. The van der Waals surface area contributed by atoms with Crippen molar-refractivity contribution in [1.82, 2.24) is 5.32 Å². The summed E-state index contributed by atoms with van der Waals surface area (Å²) in [4.78, 5) is 14.4. The molecule has 0 aliphatic carbocycles. The first-order chi connectivity index (χ1) is 12.5. The highest BCUT2D eigenvalue weighted by molar-refractivity contribution is 5.94. The number of rotatable bonds is 9. The maximum Gasteiger partial charge on any atom is 0.251 e. The highest BCUT2D eigenvalue weighted by atomic mass is 16.5. The molecule has 1 amide bonds. The van der Waals surface area contributed by atoms with Gasteiger partial charge in [0.1, 0.15) is 0 Å². The van der Waals surface area contributed by atoms with Gasteiger partial charge in [0, 0.05) is 31.9 Å². The molecule has 0 saturated carbocycles. The summed E-state index contributed by atoms with van der Waals surface area (Å²) in [5, 5.41) is 2.96. The van der Waals surface area contributed by atoms with Gasteiger partial charge < -0.3 is 19.7 Å². The average Bonchev–Trinajstić information content (AvgIpc) is 2.65. The number of anilines is 1. The average molecular weight is 356 g/mol. The smallest absolute Gasteiger partial charge is 0.251 e. The number of hydrogen-bond acceptors (Lipinski definition) is 4. The van der Waals surface area contributed by atoms with Crippen molar-refractivity contribution >= 4 is 11.6 Å². The minimum absolute atomic E-state index is 0.100. The van der Waals surface area contributed by atoms with Gasteiger partial charge in [-0.3, -0.25) is 4.79 Å². The highest BCUT2D eigenvalue weighted by Gasteiger charge is 2.10. The number of benzene rings is 2. The second kappa shape index (κ2) is 9.70. The molecule has 0 saturated heterocycles. The lowest BCUT2D eigenvalue weighted by atomic mass is 10.1. The van der Waals surface area contributed by atoms with Gasteiger partial charge in [0.25, 0.3) is 5.91 Å². The lowest BCUT2D eigenvalue weighted by molar-refractivity contribution is 0.0952. The molecule has 0 aromatic heterocycles. The summed E-state index contributed by atoms with van der Waals surface area (Å²) in [7, 11) is 5.64. The van der Waals surface area contributed by atoms with Crippen LogP contribution >= 0.6 is 0 Å². The Bertz CT molecular complexity index is 712. The van der Waals surface area contributed by atoms with Crippen LogP contribution in [0.3, 0.4) is 0 Å². The lowest BCUT2D eigenvalue weighted by Gasteiger charge is -2.13. The SMILES string of the molecule is CCOc1cc(C(=O)NCCCc2ccc(N(C)C)cc2)ccc1OC. The summed E-state index contributed by atoms with van der Waals surface area (Å²) in [5.41, 5.74) is 3.03. The third-order valence-corrected chi connectivity index (χ3v) is 4.11. The van der Waals surface area contributed by atoms with Gasteiger partial charge in [0.2, 0.25) is 0 Å². The Kier molecular flexibility index (Phi) is 7.33. The number of carbonyl (C=O) groups excluding carboxylic acids is 1. The molecule has 0 heterocycles. The van der Waals surface area contributed by atoms with E-state index >= 15 is 0 Å². The molecular formula is C21H28N2O3. The van der Waals surface area contributed by atoms with Crippen molar-refractivity contribution in [3.8, 4) is 11.5 Å². The molecule has 5 nitrogen and oxygen atoms in total. The lowest BCUT2D eigenvalue weighted by Crippen LogP contribution is -2.24. The van der Waals surface area contributed by atoms with Crippen LogP contribution in [0, 0.1) is 0 Å². The molecule has 5 heteroatoms. The van der Waals surface area contributed by atoms with E-state index in [4.69, 9.17) is 9.47 Å². The molecule has 140 valence electrons. The third-order valence-electron chi connectivity index (χ3n) is 4.11. The summed E-state index contributed by atoms with van der Waals surface area (Å²) in [5.74, 6) is 1.12. The minimum atomic E-state index is -0.100. The first-order valence-electron chi connectivity index (χ1n) is 8.90. The largest absolute Gasteiger partial charge is 0.493 e. The Hall–Kier alpha value is -2.69. The van der Waals surface area contributed by atoms with E-state index in [1.54, 1.807) is 25.3 Å². The standard InChI is InChI=1S/C21H28N2O3/c1-5-26-20-15-17(10-13-19(20)25-4)21(24)22-14-6-7-16-8-11-18(12-9-16)23(2)3/h8-13,15H,5-7,14H2,1-4H3,(H,22,24). The fourth-order valence-corrected chi connectivity index (χ4v) is 2.64. The zero-order valence-electron chi connectivity index (χ0n) is 16.0. The maximum absolute atomic E-state index is 12.3. The number of aryl methyl sites for hydroxylation is 1. The van der Waals surface area contributed by atoms with Crippen molar-refractivity contribution in [2.24, 2.45) is 0 Å². The van der Waals surface area contributed by atoms with Crippen LogP contribution in [0.15, 0.2) is 42.5 Å². The molecule has 0 unspecified atom stereocenters. The van der Waals surface area contributed by atoms with E-state index in [1.807, 2.05) is 21.0 Å². The van der Waals surface area contributed by atoms with E-state index in [-0.39, 0.29) is 5.91 Å². The van der Waals surface area contributed by atoms with Crippen LogP contribution in [0.2, 0.25) is 0 Å². The molecule has 0 aliphatic heterocycles. The van der Waals surface area contributed by atoms with Crippen LogP contribution in [-0.4, -0.2) is 40.3 Å². The summed E-state index contributed by atoms with van der Waals surface area (Å²) in [6.07, 6.45) is 1.82. The Morgan fingerprint density at radius 2 is 1.81 bits per heavy atom.